The van der Waals surface area contributed by atoms with Gasteiger partial charge in [0, 0.05) is 45.1 Å². The molecule has 0 aliphatic carbocycles. The van der Waals surface area contributed by atoms with Gasteiger partial charge in [0.25, 0.3) is 0 Å². The Morgan fingerprint density at radius 3 is 2.55 bits per heavy atom. The van der Waals surface area contributed by atoms with Gasteiger partial charge in [0.1, 0.15) is 0 Å². The van der Waals surface area contributed by atoms with Gasteiger partial charge in [-0.15, -0.1) is 0 Å². The van der Waals surface area contributed by atoms with Crippen LogP contribution >= 0.6 is 0 Å². The van der Waals surface area contributed by atoms with Crippen molar-refractivity contribution >= 4 is 11.8 Å². The second-order valence-electron chi connectivity index (χ2n) is 6.11. The van der Waals surface area contributed by atoms with Gasteiger partial charge in [-0.1, -0.05) is 27.2 Å². The van der Waals surface area contributed by atoms with E-state index in [0.29, 0.717) is 12.5 Å². The highest BCUT2D eigenvalue weighted by Gasteiger charge is 2.27. The molecule has 0 aromatic heterocycles. The Morgan fingerprint density at radius 1 is 1.30 bits per heavy atom. The van der Waals surface area contributed by atoms with Crippen LogP contribution < -0.4 is 10.6 Å². The fourth-order valence-electron chi connectivity index (χ4n) is 2.64. The smallest absolute Gasteiger partial charge is 0.222 e. The van der Waals surface area contributed by atoms with Crippen LogP contribution in [0.25, 0.3) is 0 Å². The maximum atomic E-state index is 11.8. The summed E-state index contributed by atoms with van der Waals surface area (Å²) >= 11 is 0. The van der Waals surface area contributed by atoms with Crippen LogP contribution in [0.5, 0.6) is 0 Å². The molecule has 1 saturated heterocycles. The Bertz CT molecular complexity index is 331. The molecule has 0 aromatic rings. The number of likely N-dealkylation sites (tertiary alicyclic amines) is 1. The van der Waals surface area contributed by atoms with E-state index in [0.717, 1.165) is 32.5 Å². The lowest BCUT2D eigenvalue weighted by Gasteiger charge is -2.38. The summed E-state index contributed by atoms with van der Waals surface area (Å²) in [5.41, 5.74) is 0. The summed E-state index contributed by atoms with van der Waals surface area (Å²) in [6.45, 7) is 11.0. The minimum absolute atomic E-state index is 0.0127. The standard InChI is InChI=1S/C15H29N3O2/c1-5-13-8-14(17-15(20)11(2)3)10-18(9-13)7-6-16-12(4)19/h11,13-14H,5-10H2,1-4H3,(H,16,19)(H,17,20). The zero-order valence-electron chi connectivity index (χ0n) is 13.2. The monoisotopic (exact) mass is 283 g/mol. The van der Waals surface area contributed by atoms with Gasteiger partial charge in [0.2, 0.25) is 11.8 Å². The molecule has 1 heterocycles. The normalized spacial score (nSPS) is 23.6. The molecule has 1 rings (SSSR count). The molecular weight excluding hydrogens is 254 g/mol. The predicted octanol–water partition coefficient (Wildman–Crippen LogP) is 0.995. The van der Waals surface area contributed by atoms with Crippen LogP contribution in [0.15, 0.2) is 0 Å². The van der Waals surface area contributed by atoms with E-state index in [1.165, 1.54) is 6.92 Å². The molecule has 0 radical (unpaired) electrons. The molecule has 5 heteroatoms. The molecular formula is C15H29N3O2. The molecule has 2 atom stereocenters. The van der Waals surface area contributed by atoms with Gasteiger partial charge in [-0.05, 0) is 12.3 Å². The molecule has 1 fully saturated rings. The quantitative estimate of drug-likeness (QED) is 0.764. The third-order valence-electron chi connectivity index (χ3n) is 3.86. The van der Waals surface area contributed by atoms with Crippen LogP contribution in [0.2, 0.25) is 0 Å². The zero-order valence-corrected chi connectivity index (χ0v) is 13.2. The first-order valence-electron chi connectivity index (χ1n) is 7.69. The van der Waals surface area contributed by atoms with E-state index in [2.05, 4.69) is 22.5 Å². The number of rotatable bonds is 6. The molecule has 2 amide bonds. The number of amides is 2. The molecule has 1 aliphatic rings. The third-order valence-corrected chi connectivity index (χ3v) is 3.86. The fraction of sp³-hybridized carbons (Fsp3) is 0.867. The van der Waals surface area contributed by atoms with E-state index in [1.807, 2.05) is 13.8 Å². The Kier molecular flexibility index (Phi) is 6.99. The SMILES string of the molecule is CCC1CC(NC(=O)C(C)C)CN(CCNC(C)=O)C1. The molecule has 116 valence electrons. The van der Waals surface area contributed by atoms with E-state index in [4.69, 9.17) is 0 Å². The van der Waals surface area contributed by atoms with Crippen LogP contribution in [0.3, 0.4) is 0 Å². The average Bonchev–Trinajstić information content (AvgIpc) is 2.37. The number of piperidine rings is 1. The number of nitrogens with one attached hydrogen (secondary N) is 2. The fourth-order valence-corrected chi connectivity index (χ4v) is 2.64. The zero-order chi connectivity index (χ0) is 15.1. The first-order valence-corrected chi connectivity index (χ1v) is 7.69. The highest BCUT2D eigenvalue weighted by atomic mass is 16.2. The van der Waals surface area contributed by atoms with Crippen LogP contribution in [0, 0.1) is 11.8 Å². The van der Waals surface area contributed by atoms with Crippen molar-refractivity contribution in [3.63, 3.8) is 0 Å². The first kappa shape index (κ1) is 17.0. The van der Waals surface area contributed by atoms with Crippen LogP contribution in [0.1, 0.15) is 40.5 Å². The van der Waals surface area contributed by atoms with Crippen molar-refractivity contribution in [2.75, 3.05) is 26.2 Å². The van der Waals surface area contributed by atoms with Crippen LogP contribution in [-0.2, 0) is 9.59 Å². The maximum absolute atomic E-state index is 11.8. The molecule has 0 saturated carbocycles. The van der Waals surface area contributed by atoms with Crippen molar-refractivity contribution < 1.29 is 9.59 Å². The van der Waals surface area contributed by atoms with Gasteiger partial charge in [0.15, 0.2) is 0 Å². The van der Waals surface area contributed by atoms with Crippen molar-refractivity contribution in [1.29, 1.82) is 0 Å². The Morgan fingerprint density at radius 2 is 2.00 bits per heavy atom. The second-order valence-corrected chi connectivity index (χ2v) is 6.11. The first-order chi connectivity index (χ1) is 9.42. The van der Waals surface area contributed by atoms with E-state index in [9.17, 15) is 9.59 Å². The topological polar surface area (TPSA) is 61.4 Å². The highest BCUT2D eigenvalue weighted by Crippen LogP contribution is 2.19. The van der Waals surface area contributed by atoms with Crippen molar-refractivity contribution in [3.8, 4) is 0 Å². The minimum atomic E-state index is 0.0127. The van der Waals surface area contributed by atoms with E-state index in [1.54, 1.807) is 0 Å². The summed E-state index contributed by atoms with van der Waals surface area (Å²) in [4.78, 5) is 25.1. The maximum Gasteiger partial charge on any atom is 0.222 e. The molecule has 2 N–H and O–H groups in total. The van der Waals surface area contributed by atoms with Crippen molar-refractivity contribution in [2.45, 2.75) is 46.6 Å². The van der Waals surface area contributed by atoms with Gasteiger partial charge in [-0.3, -0.25) is 14.5 Å². The number of hydrogen-bond acceptors (Lipinski definition) is 3. The van der Waals surface area contributed by atoms with Gasteiger partial charge in [-0.2, -0.15) is 0 Å². The largest absolute Gasteiger partial charge is 0.355 e. The van der Waals surface area contributed by atoms with E-state index in [-0.39, 0.29) is 23.8 Å². The number of carbonyl (C=O) groups is 2. The summed E-state index contributed by atoms with van der Waals surface area (Å²) in [6.07, 6.45) is 2.19. The third kappa shape index (κ3) is 5.90. The molecule has 20 heavy (non-hydrogen) atoms. The molecule has 0 bridgehead atoms. The number of carbonyl (C=O) groups excluding carboxylic acids is 2. The average molecular weight is 283 g/mol. The summed E-state index contributed by atoms with van der Waals surface area (Å²) in [6, 6.07) is 0.237. The van der Waals surface area contributed by atoms with Gasteiger partial charge in [0.05, 0.1) is 0 Å². The van der Waals surface area contributed by atoms with Gasteiger partial charge >= 0.3 is 0 Å². The van der Waals surface area contributed by atoms with Gasteiger partial charge < -0.3 is 10.6 Å². The summed E-state index contributed by atoms with van der Waals surface area (Å²) < 4.78 is 0. The van der Waals surface area contributed by atoms with E-state index >= 15 is 0 Å². The van der Waals surface area contributed by atoms with Crippen molar-refractivity contribution in [3.05, 3.63) is 0 Å². The molecule has 0 aromatic carbocycles. The van der Waals surface area contributed by atoms with Crippen molar-refractivity contribution in [1.82, 2.24) is 15.5 Å². The van der Waals surface area contributed by atoms with Crippen molar-refractivity contribution in [2.24, 2.45) is 11.8 Å². The van der Waals surface area contributed by atoms with Gasteiger partial charge in [-0.25, -0.2) is 0 Å². The lowest BCUT2D eigenvalue weighted by molar-refractivity contribution is -0.125. The Labute approximate surface area is 122 Å². The molecule has 0 spiro atoms. The number of hydrogen-bond donors (Lipinski definition) is 2. The number of nitrogens with zero attached hydrogens (tertiary/aromatic N) is 1. The predicted molar refractivity (Wildman–Crippen MR) is 80.3 cm³/mol. The second kappa shape index (κ2) is 8.25. The highest BCUT2D eigenvalue weighted by molar-refractivity contribution is 5.78. The lowest BCUT2D eigenvalue weighted by Crippen LogP contribution is -2.52. The minimum Gasteiger partial charge on any atom is -0.355 e. The summed E-state index contributed by atoms with van der Waals surface area (Å²) in [5.74, 6) is 0.802. The molecule has 2 unspecified atom stereocenters. The molecule has 1 aliphatic heterocycles. The summed E-state index contributed by atoms with van der Waals surface area (Å²) in [5, 5.41) is 5.98. The molecule has 5 nitrogen and oxygen atoms in total. The summed E-state index contributed by atoms with van der Waals surface area (Å²) in [7, 11) is 0. The van der Waals surface area contributed by atoms with Crippen LogP contribution in [0.4, 0.5) is 0 Å². The Hall–Kier alpha value is -1.10. The lowest BCUT2D eigenvalue weighted by atomic mass is 9.92. The van der Waals surface area contributed by atoms with E-state index < -0.39 is 0 Å². The van der Waals surface area contributed by atoms with Crippen LogP contribution in [-0.4, -0.2) is 48.9 Å². The Balaban J connectivity index is 2.46.